The average molecular weight is 316 g/mol. The summed E-state index contributed by atoms with van der Waals surface area (Å²) in [5, 5.41) is 12.9. The number of fused-ring (bicyclic) bond motifs is 1. The summed E-state index contributed by atoms with van der Waals surface area (Å²) in [5.41, 5.74) is 3.43. The van der Waals surface area contributed by atoms with Crippen LogP contribution in [0.4, 0.5) is 5.69 Å². The predicted octanol–water partition coefficient (Wildman–Crippen LogP) is 4.25. The maximum Gasteiger partial charge on any atom is 0.0539 e. The first-order valence-electron chi connectivity index (χ1n) is 6.15. The first-order valence-corrected chi connectivity index (χ1v) is 6.95. The molecule has 1 aromatic heterocycles. The molecule has 0 aliphatic carbocycles. The molecule has 1 heterocycles. The number of benzene rings is 2. The van der Waals surface area contributed by atoms with Gasteiger partial charge in [0.2, 0.25) is 0 Å². The van der Waals surface area contributed by atoms with Gasteiger partial charge >= 0.3 is 0 Å². The van der Waals surface area contributed by atoms with Crippen LogP contribution in [0.3, 0.4) is 0 Å². The molecule has 2 N–H and O–H groups in total. The van der Waals surface area contributed by atoms with Crippen molar-refractivity contribution in [2.45, 2.75) is 13.5 Å². The van der Waals surface area contributed by atoms with Crippen molar-refractivity contribution < 1.29 is 0 Å². The number of aromatic nitrogens is 2. The number of aryl methyl sites for hydroxylation is 1. The SMILES string of the molecule is Cc1[nH]ncc1CNc1ccc(Br)c2ccccc12. The highest BCUT2D eigenvalue weighted by Crippen LogP contribution is 2.30. The number of halogens is 1. The van der Waals surface area contributed by atoms with Gasteiger partial charge in [0, 0.05) is 33.3 Å². The Hall–Kier alpha value is -1.81. The monoisotopic (exact) mass is 315 g/mol. The number of aromatic amines is 1. The highest BCUT2D eigenvalue weighted by atomic mass is 79.9. The Bertz CT molecular complexity index is 718. The second-order valence-corrected chi connectivity index (χ2v) is 5.37. The van der Waals surface area contributed by atoms with Crippen LogP contribution in [0.1, 0.15) is 11.3 Å². The quantitative estimate of drug-likeness (QED) is 0.758. The molecule has 0 amide bonds. The molecule has 0 radical (unpaired) electrons. The molecule has 3 rings (SSSR count). The van der Waals surface area contributed by atoms with E-state index in [0.29, 0.717) is 0 Å². The third kappa shape index (κ3) is 2.36. The van der Waals surface area contributed by atoms with Crippen LogP contribution in [0, 0.1) is 6.92 Å². The lowest BCUT2D eigenvalue weighted by atomic mass is 10.1. The largest absolute Gasteiger partial charge is 0.380 e. The normalized spacial score (nSPS) is 10.8. The summed E-state index contributed by atoms with van der Waals surface area (Å²) < 4.78 is 1.12. The van der Waals surface area contributed by atoms with Gasteiger partial charge in [-0.25, -0.2) is 0 Å². The van der Waals surface area contributed by atoms with Crippen LogP contribution in [-0.4, -0.2) is 10.2 Å². The van der Waals surface area contributed by atoms with Crippen molar-refractivity contribution in [1.29, 1.82) is 0 Å². The van der Waals surface area contributed by atoms with Crippen molar-refractivity contribution in [2.75, 3.05) is 5.32 Å². The van der Waals surface area contributed by atoms with Gasteiger partial charge in [0.1, 0.15) is 0 Å². The number of nitrogens with one attached hydrogen (secondary N) is 2. The molecule has 3 nitrogen and oxygen atoms in total. The lowest BCUT2D eigenvalue weighted by Crippen LogP contribution is -2.00. The fraction of sp³-hybridized carbons (Fsp3) is 0.133. The Labute approximate surface area is 120 Å². The highest BCUT2D eigenvalue weighted by Gasteiger charge is 2.05. The molecule has 0 bridgehead atoms. The molecule has 96 valence electrons. The Morgan fingerprint density at radius 1 is 1.16 bits per heavy atom. The minimum atomic E-state index is 0.772. The van der Waals surface area contributed by atoms with Crippen LogP contribution in [-0.2, 0) is 6.54 Å². The average Bonchev–Trinajstić information content (AvgIpc) is 2.84. The molecular weight excluding hydrogens is 302 g/mol. The van der Waals surface area contributed by atoms with Crippen molar-refractivity contribution >= 4 is 32.4 Å². The third-order valence-electron chi connectivity index (χ3n) is 3.27. The van der Waals surface area contributed by atoms with E-state index in [1.807, 2.05) is 13.1 Å². The van der Waals surface area contributed by atoms with Gasteiger partial charge in [0.15, 0.2) is 0 Å². The fourth-order valence-electron chi connectivity index (χ4n) is 2.16. The molecule has 0 saturated heterocycles. The molecular formula is C15H14BrN3. The molecule has 0 atom stereocenters. The van der Waals surface area contributed by atoms with Crippen LogP contribution < -0.4 is 5.32 Å². The molecule has 0 aliphatic rings. The topological polar surface area (TPSA) is 40.7 Å². The summed E-state index contributed by atoms with van der Waals surface area (Å²) in [6, 6.07) is 12.5. The Balaban J connectivity index is 1.93. The molecule has 3 aromatic rings. The summed E-state index contributed by atoms with van der Waals surface area (Å²) >= 11 is 3.59. The van der Waals surface area contributed by atoms with E-state index in [2.05, 4.69) is 67.8 Å². The number of rotatable bonds is 3. The molecule has 2 aromatic carbocycles. The van der Waals surface area contributed by atoms with Crippen LogP contribution in [0.5, 0.6) is 0 Å². The Morgan fingerprint density at radius 2 is 1.95 bits per heavy atom. The molecule has 0 unspecified atom stereocenters. The molecule has 0 saturated carbocycles. The number of anilines is 1. The van der Waals surface area contributed by atoms with E-state index in [4.69, 9.17) is 0 Å². The summed E-state index contributed by atoms with van der Waals surface area (Å²) in [7, 11) is 0. The first-order chi connectivity index (χ1) is 9.25. The smallest absolute Gasteiger partial charge is 0.0539 e. The lowest BCUT2D eigenvalue weighted by molar-refractivity contribution is 1.04. The number of hydrogen-bond donors (Lipinski definition) is 2. The van der Waals surface area contributed by atoms with Crippen LogP contribution in [0.25, 0.3) is 10.8 Å². The van der Waals surface area contributed by atoms with Gasteiger partial charge in [-0.05, 0) is 24.4 Å². The highest BCUT2D eigenvalue weighted by molar-refractivity contribution is 9.10. The van der Waals surface area contributed by atoms with E-state index in [0.717, 1.165) is 22.4 Å². The summed E-state index contributed by atoms with van der Waals surface area (Å²) in [6.45, 7) is 2.80. The number of hydrogen-bond acceptors (Lipinski definition) is 2. The molecule has 4 heteroatoms. The van der Waals surface area contributed by atoms with E-state index in [1.165, 1.54) is 16.3 Å². The zero-order chi connectivity index (χ0) is 13.2. The van der Waals surface area contributed by atoms with Gasteiger partial charge in [0.05, 0.1) is 6.20 Å². The lowest BCUT2D eigenvalue weighted by Gasteiger charge is -2.10. The van der Waals surface area contributed by atoms with Crippen molar-refractivity contribution in [3.05, 3.63) is 58.3 Å². The fourth-order valence-corrected chi connectivity index (χ4v) is 2.64. The predicted molar refractivity (Wildman–Crippen MR) is 82.3 cm³/mol. The molecule has 19 heavy (non-hydrogen) atoms. The molecule has 0 aliphatic heterocycles. The third-order valence-corrected chi connectivity index (χ3v) is 3.97. The van der Waals surface area contributed by atoms with E-state index in [9.17, 15) is 0 Å². The standard InChI is InChI=1S/C15H14BrN3/c1-10-11(9-18-19-10)8-17-15-7-6-14(16)12-4-2-3-5-13(12)15/h2-7,9,17H,8H2,1H3,(H,18,19). The molecule has 0 spiro atoms. The van der Waals surface area contributed by atoms with E-state index >= 15 is 0 Å². The zero-order valence-corrected chi connectivity index (χ0v) is 12.2. The maximum atomic E-state index is 4.04. The first kappa shape index (κ1) is 12.2. The van der Waals surface area contributed by atoms with E-state index in [1.54, 1.807) is 0 Å². The van der Waals surface area contributed by atoms with Gasteiger partial charge < -0.3 is 5.32 Å². The number of nitrogens with zero attached hydrogens (tertiary/aromatic N) is 1. The summed E-state index contributed by atoms with van der Waals surface area (Å²) in [5.74, 6) is 0. The van der Waals surface area contributed by atoms with Gasteiger partial charge in [-0.15, -0.1) is 0 Å². The van der Waals surface area contributed by atoms with Crippen molar-refractivity contribution in [3.8, 4) is 0 Å². The van der Waals surface area contributed by atoms with Gasteiger partial charge in [-0.2, -0.15) is 5.10 Å². The number of H-pyrrole nitrogens is 1. The Kier molecular flexibility index (Phi) is 3.25. The minimum Gasteiger partial charge on any atom is -0.380 e. The second-order valence-electron chi connectivity index (χ2n) is 4.51. The summed E-state index contributed by atoms with van der Waals surface area (Å²) in [4.78, 5) is 0. The Morgan fingerprint density at radius 3 is 2.68 bits per heavy atom. The molecule has 0 fully saturated rings. The minimum absolute atomic E-state index is 0.772. The van der Waals surface area contributed by atoms with Crippen LogP contribution in [0.2, 0.25) is 0 Å². The van der Waals surface area contributed by atoms with Gasteiger partial charge in [-0.1, -0.05) is 40.2 Å². The van der Waals surface area contributed by atoms with Gasteiger partial charge in [0.25, 0.3) is 0 Å². The maximum absolute atomic E-state index is 4.04. The van der Waals surface area contributed by atoms with Crippen LogP contribution in [0.15, 0.2) is 47.1 Å². The van der Waals surface area contributed by atoms with E-state index < -0.39 is 0 Å². The van der Waals surface area contributed by atoms with Crippen molar-refractivity contribution in [3.63, 3.8) is 0 Å². The zero-order valence-electron chi connectivity index (χ0n) is 10.6. The summed E-state index contributed by atoms with van der Waals surface area (Å²) in [6.07, 6.45) is 1.86. The second kappa shape index (κ2) is 5.05. The van der Waals surface area contributed by atoms with Gasteiger partial charge in [-0.3, -0.25) is 5.10 Å². The van der Waals surface area contributed by atoms with Crippen molar-refractivity contribution in [2.24, 2.45) is 0 Å². The van der Waals surface area contributed by atoms with E-state index in [-0.39, 0.29) is 0 Å². The van der Waals surface area contributed by atoms with Crippen molar-refractivity contribution in [1.82, 2.24) is 10.2 Å². The van der Waals surface area contributed by atoms with Crippen LogP contribution >= 0.6 is 15.9 Å².